The predicted octanol–water partition coefficient (Wildman–Crippen LogP) is 2.34. The topological polar surface area (TPSA) is 77.0 Å². The first-order valence-electron chi connectivity index (χ1n) is 7.78. The third kappa shape index (κ3) is 4.05. The number of nitrogen functional groups attached to an aromatic ring is 1. The molecule has 3 rings (SSSR count). The van der Waals surface area contributed by atoms with Crippen LogP contribution >= 0.6 is 23.5 Å². The van der Waals surface area contributed by atoms with Crippen molar-refractivity contribution in [2.75, 3.05) is 24.9 Å². The lowest BCUT2D eigenvalue weighted by Gasteiger charge is -2.17. The molecular weight excluding hydrogens is 342 g/mol. The molecular formula is C16H21N5OS2. The summed E-state index contributed by atoms with van der Waals surface area (Å²) in [6.45, 7) is 0.594. The van der Waals surface area contributed by atoms with Crippen molar-refractivity contribution in [1.29, 1.82) is 0 Å². The van der Waals surface area contributed by atoms with Crippen LogP contribution in [0.2, 0.25) is 0 Å². The third-order valence-corrected chi connectivity index (χ3v) is 5.63. The van der Waals surface area contributed by atoms with Crippen LogP contribution in [-0.2, 0) is 11.3 Å². The van der Waals surface area contributed by atoms with E-state index >= 15 is 0 Å². The average molecular weight is 364 g/mol. The molecule has 1 aliphatic rings. The molecule has 8 heteroatoms. The second kappa shape index (κ2) is 7.48. The Balaban J connectivity index is 1.52. The zero-order valence-electron chi connectivity index (χ0n) is 13.8. The highest BCUT2D eigenvalue weighted by atomic mass is 32.2. The van der Waals surface area contributed by atoms with Gasteiger partial charge in [-0.25, -0.2) is 4.68 Å². The second-order valence-corrected chi connectivity index (χ2v) is 7.69. The van der Waals surface area contributed by atoms with Gasteiger partial charge in [-0.05, 0) is 36.8 Å². The number of hydrogen-bond donors (Lipinski definition) is 1. The molecule has 1 amide bonds. The number of nitrogens with zero attached hydrogens (tertiary/aromatic N) is 4. The Morgan fingerprint density at radius 1 is 1.33 bits per heavy atom. The summed E-state index contributed by atoms with van der Waals surface area (Å²) in [5.41, 5.74) is 1.12. The lowest BCUT2D eigenvalue weighted by atomic mass is 10.2. The van der Waals surface area contributed by atoms with Crippen LogP contribution in [0.25, 0.3) is 0 Å². The monoisotopic (exact) mass is 363 g/mol. The fraction of sp³-hybridized carbons (Fsp3) is 0.438. The van der Waals surface area contributed by atoms with E-state index < -0.39 is 0 Å². The maximum atomic E-state index is 12.3. The Hall–Kier alpha value is -1.67. The number of aromatic nitrogens is 3. The quantitative estimate of drug-likeness (QED) is 0.601. The molecule has 2 N–H and O–H groups in total. The smallest absolute Gasteiger partial charge is 0.233 e. The molecule has 1 heterocycles. The van der Waals surface area contributed by atoms with Gasteiger partial charge in [-0.3, -0.25) is 4.79 Å². The Bertz CT molecular complexity index is 712. The van der Waals surface area contributed by atoms with Crippen molar-refractivity contribution in [2.24, 2.45) is 0 Å². The molecule has 24 heavy (non-hydrogen) atoms. The SMILES string of the molecule is CSc1ccc(CN(C)C(=O)CSc2nnc(C3CC3)n2N)cc1. The van der Waals surface area contributed by atoms with Crippen molar-refractivity contribution < 1.29 is 4.79 Å². The van der Waals surface area contributed by atoms with E-state index in [4.69, 9.17) is 5.84 Å². The molecule has 1 aromatic carbocycles. The normalized spacial score (nSPS) is 13.9. The lowest BCUT2D eigenvalue weighted by molar-refractivity contribution is -0.127. The van der Waals surface area contributed by atoms with E-state index in [-0.39, 0.29) is 5.91 Å². The summed E-state index contributed by atoms with van der Waals surface area (Å²) in [6.07, 6.45) is 4.29. The highest BCUT2D eigenvalue weighted by molar-refractivity contribution is 7.99. The molecule has 1 aromatic heterocycles. The maximum absolute atomic E-state index is 12.3. The number of benzene rings is 1. The molecule has 0 aliphatic heterocycles. The van der Waals surface area contributed by atoms with Crippen molar-refractivity contribution in [3.8, 4) is 0 Å². The molecule has 1 aliphatic carbocycles. The van der Waals surface area contributed by atoms with E-state index in [0.717, 1.165) is 24.2 Å². The van der Waals surface area contributed by atoms with Gasteiger partial charge in [0.2, 0.25) is 11.1 Å². The van der Waals surface area contributed by atoms with Gasteiger partial charge in [-0.15, -0.1) is 22.0 Å². The fourth-order valence-electron chi connectivity index (χ4n) is 2.34. The van der Waals surface area contributed by atoms with Crippen LogP contribution in [0.4, 0.5) is 0 Å². The van der Waals surface area contributed by atoms with Crippen LogP contribution in [0.5, 0.6) is 0 Å². The maximum Gasteiger partial charge on any atom is 0.233 e. The molecule has 2 aromatic rings. The minimum Gasteiger partial charge on any atom is -0.341 e. The molecule has 0 radical (unpaired) electrons. The lowest BCUT2D eigenvalue weighted by Crippen LogP contribution is -2.28. The van der Waals surface area contributed by atoms with Crippen LogP contribution < -0.4 is 5.84 Å². The minimum atomic E-state index is 0.0462. The van der Waals surface area contributed by atoms with Crippen molar-refractivity contribution in [1.82, 2.24) is 19.8 Å². The van der Waals surface area contributed by atoms with E-state index in [0.29, 0.717) is 23.4 Å². The van der Waals surface area contributed by atoms with Crippen LogP contribution in [-0.4, -0.2) is 44.7 Å². The molecule has 0 unspecified atom stereocenters. The molecule has 1 saturated carbocycles. The van der Waals surface area contributed by atoms with Crippen LogP contribution in [0.3, 0.4) is 0 Å². The predicted molar refractivity (Wildman–Crippen MR) is 97.6 cm³/mol. The average Bonchev–Trinajstić information content (AvgIpc) is 3.37. The second-order valence-electron chi connectivity index (χ2n) is 5.87. The van der Waals surface area contributed by atoms with Gasteiger partial charge in [0.25, 0.3) is 0 Å². The van der Waals surface area contributed by atoms with Gasteiger partial charge in [0.15, 0.2) is 5.82 Å². The summed E-state index contributed by atoms with van der Waals surface area (Å²) >= 11 is 3.04. The molecule has 128 valence electrons. The Labute approximate surface area is 150 Å². The van der Waals surface area contributed by atoms with Crippen LogP contribution in [0.15, 0.2) is 34.3 Å². The Morgan fingerprint density at radius 3 is 2.67 bits per heavy atom. The zero-order chi connectivity index (χ0) is 17.1. The number of hydrogen-bond acceptors (Lipinski definition) is 6. The highest BCUT2D eigenvalue weighted by Crippen LogP contribution is 2.39. The molecule has 0 bridgehead atoms. The standard InChI is InChI=1S/C16H21N5OS2/c1-20(9-11-3-7-13(23-2)8-4-11)14(22)10-24-16-19-18-15(21(16)17)12-5-6-12/h3-4,7-8,12H,5-6,9-10,17H2,1-2H3. The van der Waals surface area contributed by atoms with Crippen molar-refractivity contribution in [2.45, 2.75) is 35.4 Å². The van der Waals surface area contributed by atoms with Gasteiger partial charge in [0.1, 0.15) is 0 Å². The molecule has 0 saturated heterocycles. The number of carbonyl (C=O) groups is 1. The van der Waals surface area contributed by atoms with E-state index in [2.05, 4.69) is 34.5 Å². The summed E-state index contributed by atoms with van der Waals surface area (Å²) in [7, 11) is 1.81. The molecule has 6 nitrogen and oxygen atoms in total. The first-order valence-corrected chi connectivity index (χ1v) is 9.99. The number of rotatable bonds is 7. The largest absolute Gasteiger partial charge is 0.341 e. The van der Waals surface area contributed by atoms with Gasteiger partial charge >= 0.3 is 0 Å². The Kier molecular flexibility index (Phi) is 5.35. The number of carbonyl (C=O) groups excluding carboxylic acids is 1. The first-order chi connectivity index (χ1) is 11.6. The Morgan fingerprint density at radius 2 is 2.04 bits per heavy atom. The molecule has 0 atom stereocenters. The third-order valence-electron chi connectivity index (χ3n) is 3.96. The summed E-state index contributed by atoms with van der Waals surface area (Å²) in [4.78, 5) is 15.3. The van der Waals surface area contributed by atoms with Gasteiger partial charge in [0, 0.05) is 24.4 Å². The van der Waals surface area contributed by atoms with Crippen LogP contribution in [0.1, 0.15) is 30.1 Å². The van der Waals surface area contributed by atoms with Gasteiger partial charge in [-0.1, -0.05) is 23.9 Å². The van der Waals surface area contributed by atoms with E-state index in [1.165, 1.54) is 21.3 Å². The summed E-state index contributed by atoms with van der Waals surface area (Å²) in [6, 6.07) is 8.26. The summed E-state index contributed by atoms with van der Waals surface area (Å²) in [5, 5.41) is 8.81. The minimum absolute atomic E-state index is 0.0462. The fourth-order valence-corrected chi connectivity index (χ4v) is 3.55. The van der Waals surface area contributed by atoms with Crippen molar-refractivity contribution >= 4 is 29.4 Å². The molecule has 1 fully saturated rings. The summed E-state index contributed by atoms with van der Waals surface area (Å²) in [5.74, 6) is 7.62. The highest BCUT2D eigenvalue weighted by Gasteiger charge is 2.30. The van der Waals surface area contributed by atoms with Crippen molar-refractivity contribution in [3.63, 3.8) is 0 Å². The molecule has 0 spiro atoms. The van der Waals surface area contributed by atoms with Crippen LogP contribution in [0, 0.1) is 0 Å². The number of nitrogens with two attached hydrogens (primary N) is 1. The van der Waals surface area contributed by atoms with Gasteiger partial charge in [0.05, 0.1) is 5.75 Å². The number of amides is 1. The van der Waals surface area contributed by atoms with Gasteiger partial charge < -0.3 is 10.7 Å². The zero-order valence-corrected chi connectivity index (χ0v) is 15.4. The van der Waals surface area contributed by atoms with E-state index in [9.17, 15) is 4.79 Å². The van der Waals surface area contributed by atoms with E-state index in [1.54, 1.807) is 16.7 Å². The van der Waals surface area contributed by atoms with Crippen molar-refractivity contribution in [3.05, 3.63) is 35.7 Å². The summed E-state index contributed by atoms with van der Waals surface area (Å²) < 4.78 is 1.52. The van der Waals surface area contributed by atoms with E-state index in [1.807, 2.05) is 13.3 Å². The van der Waals surface area contributed by atoms with Gasteiger partial charge in [-0.2, -0.15) is 0 Å². The first kappa shape index (κ1) is 17.2. The number of thioether (sulfide) groups is 2.